The van der Waals surface area contributed by atoms with E-state index >= 15 is 0 Å². The molecule has 2 aromatic carbocycles. The van der Waals surface area contributed by atoms with Crippen LogP contribution in [0.3, 0.4) is 0 Å². The molecule has 0 amide bonds. The van der Waals surface area contributed by atoms with Crippen molar-refractivity contribution in [3.8, 4) is 0 Å². The number of rotatable bonds is 8. The standard InChI is InChI=1S/C24H46Si5.C7H19Si2.Sm/c1-25(2,3)19-15-23(28(10,11)12)24(16-19)29(13,14)20-17-21(26(4,5)6)22(18-20)27(7,8)9;1-8(2,3)7-9(4,5)6;/h15-18H,1-14H3;7H,1-6H3;/q-6;-1;. The molecule has 0 nitrogen and oxygen atoms in total. The fraction of sp³-hybridized carbons (Fsp3) is 0.645. The monoisotopic (exact) mass is 785 g/mol. The average molecular weight is 785 g/mol. The van der Waals surface area contributed by atoms with Gasteiger partial charge in [0.25, 0.3) is 0 Å². The van der Waals surface area contributed by atoms with Gasteiger partial charge in [-0.25, -0.2) is 11.3 Å². The van der Waals surface area contributed by atoms with Crippen LogP contribution in [0.5, 0.6) is 0 Å². The summed E-state index contributed by atoms with van der Waals surface area (Å²) in [6, 6.07) is 10.7. The first-order chi connectivity index (χ1) is 16.4. The minimum Gasteiger partial charge on any atom is -0.746 e. The van der Waals surface area contributed by atoms with Gasteiger partial charge in [-0.05, 0) is 0 Å². The van der Waals surface area contributed by atoms with Crippen molar-refractivity contribution < 1.29 is 40.4 Å². The van der Waals surface area contributed by atoms with Crippen molar-refractivity contribution in [1.82, 2.24) is 0 Å². The van der Waals surface area contributed by atoms with E-state index < -0.39 is 56.5 Å². The summed E-state index contributed by atoms with van der Waals surface area (Å²) in [7, 11) is -8.84. The molecule has 2 aromatic rings. The molecule has 0 radical (unpaired) electrons. The third-order valence-corrected chi connectivity index (χ3v) is 26.4. The van der Waals surface area contributed by atoms with Crippen LogP contribution in [0, 0.1) is 46.1 Å². The maximum absolute atomic E-state index is 2.68. The Bertz CT molecular complexity index is 1020. The van der Waals surface area contributed by atoms with Crippen LogP contribution in [0.1, 0.15) is 0 Å². The second kappa shape index (κ2) is 13.3. The summed E-state index contributed by atoms with van der Waals surface area (Å²) in [4.78, 5) is 0. The fourth-order valence-corrected chi connectivity index (χ4v) is 29.1. The predicted octanol–water partition coefficient (Wildman–Crippen LogP) is 7.07. The van der Waals surface area contributed by atoms with Crippen molar-refractivity contribution in [2.45, 2.75) is 131 Å². The Labute approximate surface area is 285 Å². The second-order valence-electron chi connectivity index (χ2n) is 18.6. The van der Waals surface area contributed by atoms with Gasteiger partial charge in [0.2, 0.25) is 0 Å². The Balaban J connectivity index is 0.00000124. The molecule has 0 aliphatic rings. The molecule has 0 saturated heterocycles. The molecular formula is C31H65Si7Sm-7. The van der Waals surface area contributed by atoms with Crippen LogP contribution in [0.15, 0.2) is 24.3 Å². The Morgan fingerprint density at radius 2 is 0.923 bits per heavy atom. The smallest absolute Gasteiger partial charge is 0.0504 e. The summed E-state index contributed by atoms with van der Waals surface area (Å²) < 4.78 is 0. The van der Waals surface area contributed by atoms with Crippen LogP contribution < -0.4 is 31.1 Å². The van der Waals surface area contributed by atoms with Gasteiger partial charge in [-0.2, -0.15) is 24.5 Å². The zero-order chi connectivity index (χ0) is 30.5. The van der Waals surface area contributed by atoms with E-state index in [2.05, 4.69) is 161 Å². The van der Waals surface area contributed by atoms with Crippen LogP contribution in [0.25, 0.3) is 0 Å². The molecule has 0 aliphatic heterocycles. The molecule has 0 fully saturated rings. The molecular weight excluding hydrogens is 719 g/mol. The fourth-order valence-electron chi connectivity index (χ4n) is 5.64. The zero-order valence-electron chi connectivity index (χ0n) is 29.8. The molecule has 0 unspecified atom stereocenters. The maximum atomic E-state index is 2.68. The van der Waals surface area contributed by atoms with Gasteiger partial charge in [-0.15, -0.1) is 45.4 Å². The van der Waals surface area contributed by atoms with E-state index in [4.69, 9.17) is 0 Å². The Morgan fingerprint density at radius 1 is 0.564 bits per heavy atom. The molecule has 0 spiro atoms. The molecule has 8 heteroatoms. The van der Waals surface area contributed by atoms with E-state index in [9.17, 15) is 0 Å². The van der Waals surface area contributed by atoms with Crippen LogP contribution >= 0.6 is 0 Å². The number of hydrogen-bond donors (Lipinski definition) is 0. The molecule has 2 rings (SSSR count). The molecule has 39 heavy (non-hydrogen) atoms. The first-order valence-corrected chi connectivity index (χ1v) is 39.0. The summed E-state index contributed by atoms with van der Waals surface area (Å²) in [6.45, 7) is 50.0. The summed E-state index contributed by atoms with van der Waals surface area (Å²) in [5, 5.41) is 10.4. The quantitative estimate of drug-likeness (QED) is 0.199. The summed E-state index contributed by atoms with van der Waals surface area (Å²) in [6.07, 6.45) is 0. The van der Waals surface area contributed by atoms with E-state index in [1.807, 2.05) is 0 Å². The first-order valence-electron chi connectivity index (χ1n) is 14.9. The minimum atomic E-state index is -1.73. The predicted molar refractivity (Wildman–Crippen MR) is 204 cm³/mol. The van der Waals surface area contributed by atoms with Crippen LogP contribution in [0.4, 0.5) is 0 Å². The maximum Gasteiger partial charge on any atom is 0.0504 e. The van der Waals surface area contributed by atoms with Crippen molar-refractivity contribution in [3.05, 3.63) is 29.9 Å². The van der Waals surface area contributed by atoms with Crippen LogP contribution in [-0.2, 0) is 0 Å². The molecule has 0 aromatic heterocycles. The van der Waals surface area contributed by atoms with Gasteiger partial charge in [0.15, 0.2) is 0 Å². The van der Waals surface area contributed by atoms with Crippen molar-refractivity contribution >= 4 is 87.6 Å². The van der Waals surface area contributed by atoms with E-state index in [1.54, 1.807) is 31.1 Å². The minimum absolute atomic E-state index is 0. The van der Waals surface area contributed by atoms with E-state index in [1.165, 1.54) is 0 Å². The molecule has 0 heterocycles. The number of hydrogen-bond acceptors (Lipinski definition) is 0. The van der Waals surface area contributed by atoms with Crippen LogP contribution in [-0.4, -0.2) is 56.5 Å². The van der Waals surface area contributed by atoms with Gasteiger partial charge >= 0.3 is 0 Å². The van der Waals surface area contributed by atoms with E-state index in [0.29, 0.717) is 0 Å². The van der Waals surface area contributed by atoms with Gasteiger partial charge in [-0.1, -0.05) is 118 Å². The Kier molecular flexibility index (Phi) is 13.8. The Hall–Kier alpha value is 1.56. The van der Waals surface area contributed by atoms with Crippen molar-refractivity contribution in [2.24, 2.45) is 0 Å². The SMILES string of the molecule is C[Si](C)(C)[CH-][Si](C)(C)C.C[Si](C)(C)c1cc([Si](C)(C)C)[c-]([Si](C)(C)[c-]2[cH-][c-]([Si](C)(C)C)[c-]([Si](C)(C)C)[cH-]2)c1.[Sm]. The van der Waals surface area contributed by atoms with Crippen molar-refractivity contribution in [1.29, 1.82) is 0 Å². The van der Waals surface area contributed by atoms with Crippen LogP contribution in [0.2, 0.25) is 131 Å². The molecule has 0 saturated carbocycles. The van der Waals surface area contributed by atoms with Crippen molar-refractivity contribution in [2.75, 3.05) is 0 Å². The third-order valence-electron chi connectivity index (χ3n) is 7.33. The molecule has 0 atom stereocenters. The van der Waals surface area contributed by atoms with Gasteiger partial charge < -0.3 is 33.4 Å². The molecule has 0 N–H and O–H groups in total. The molecule has 0 aliphatic carbocycles. The third kappa shape index (κ3) is 12.2. The normalized spacial score (nSPS) is 14.1. The van der Waals surface area contributed by atoms with Crippen molar-refractivity contribution in [3.63, 3.8) is 0 Å². The summed E-state index contributed by atoms with van der Waals surface area (Å²) >= 11 is 0. The van der Waals surface area contributed by atoms with Gasteiger partial charge in [0.05, 0.1) is 8.07 Å². The molecule has 230 valence electrons. The van der Waals surface area contributed by atoms with E-state index in [-0.39, 0.29) is 40.4 Å². The average Bonchev–Trinajstić information content (AvgIpc) is 3.23. The largest absolute Gasteiger partial charge is 0.746 e. The van der Waals surface area contributed by atoms with Gasteiger partial charge in [-0.3, -0.25) is 0 Å². The van der Waals surface area contributed by atoms with Gasteiger partial charge in [0, 0.05) is 48.5 Å². The first kappa shape index (κ1) is 40.6. The summed E-state index contributed by atoms with van der Waals surface area (Å²) in [5.74, 6) is 0. The zero-order valence-corrected chi connectivity index (χ0v) is 39.4. The second-order valence-corrected chi connectivity index (χ2v) is 53.8. The topological polar surface area (TPSA) is 0 Å². The molecule has 0 bridgehead atoms. The Morgan fingerprint density at radius 3 is 1.15 bits per heavy atom. The summed E-state index contributed by atoms with van der Waals surface area (Å²) in [5.41, 5.74) is 2.65. The van der Waals surface area contributed by atoms with Gasteiger partial charge in [0.1, 0.15) is 0 Å². The van der Waals surface area contributed by atoms with E-state index in [0.717, 1.165) is 0 Å².